The van der Waals surface area contributed by atoms with E-state index in [0.717, 1.165) is 23.6 Å². The maximum absolute atomic E-state index is 6.08. The van der Waals surface area contributed by atoms with Gasteiger partial charge in [-0.2, -0.15) is 0 Å². The highest BCUT2D eigenvalue weighted by Gasteiger charge is 2.21. The number of halogens is 2. The second-order valence-electron chi connectivity index (χ2n) is 4.76. The van der Waals surface area contributed by atoms with E-state index >= 15 is 0 Å². The minimum atomic E-state index is 0.298. The van der Waals surface area contributed by atoms with Crippen molar-refractivity contribution in [2.75, 3.05) is 0 Å². The number of hydrogen-bond acceptors (Lipinski definition) is 1. The van der Waals surface area contributed by atoms with E-state index in [0.29, 0.717) is 10.9 Å². The summed E-state index contributed by atoms with van der Waals surface area (Å²) in [6.45, 7) is 2.19. The molecule has 0 bridgehead atoms. The summed E-state index contributed by atoms with van der Waals surface area (Å²) in [4.78, 5) is 4.52. The summed E-state index contributed by atoms with van der Waals surface area (Å²) in [6, 6.07) is 8.18. The van der Waals surface area contributed by atoms with Gasteiger partial charge in [0.15, 0.2) is 0 Å². The van der Waals surface area contributed by atoms with Gasteiger partial charge in [-0.1, -0.05) is 36.2 Å². The molecule has 0 N–H and O–H groups in total. The third kappa shape index (κ3) is 2.02. The first-order valence-electron chi connectivity index (χ1n) is 6.08. The molecule has 1 unspecified atom stereocenters. The molecule has 0 saturated carbocycles. The summed E-state index contributed by atoms with van der Waals surface area (Å²) in [5.74, 6) is 0.298. The molecule has 2 aromatic rings. The van der Waals surface area contributed by atoms with Crippen LogP contribution in [0.5, 0.6) is 0 Å². The highest BCUT2D eigenvalue weighted by molar-refractivity contribution is 6.30. The lowest BCUT2D eigenvalue weighted by Gasteiger charge is -2.14. The third-order valence-corrected chi connectivity index (χ3v) is 4.06. The molecular weight excluding hydrogens is 265 g/mol. The fraction of sp³-hybridized carbons (Fsp3) is 0.267. The van der Waals surface area contributed by atoms with Crippen LogP contribution in [0.3, 0.4) is 0 Å². The van der Waals surface area contributed by atoms with E-state index in [2.05, 4.69) is 24.0 Å². The topological polar surface area (TPSA) is 12.9 Å². The lowest BCUT2D eigenvalue weighted by molar-refractivity contribution is 0.860. The SMILES string of the molecule is CC1c2ccc(Cl)cc2CCc2cc(Cl)cnc21. The highest BCUT2D eigenvalue weighted by atomic mass is 35.5. The summed E-state index contributed by atoms with van der Waals surface area (Å²) in [6.07, 6.45) is 3.70. The van der Waals surface area contributed by atoms with Crippen LogP contribution >= 0.6 is 23.2 Å². The number of aryl methyl sites for hydroxylation is 2. The number of nitrogens with zero attached hydrogens (tertiary/aromatic N) is 1. The summed E-state index contributed by atoms with van der Waals surface area (Å²) in [5, 5.41) is 1.52. The van der Waals surface area contributed by atoms with Gasteiger partial charge in [-0.15, -0.1) is 0 Å². The van der Waals surface area contributed by atoms with Gasteiger partial charge < -0.3 is 0 Å². The second kappa shape index (κ2) is 4.56. The van der Waals surface area contributed by atoms with Crippen LogP contribution in [-0.4, -0.2) is 4.98 Å². The molecule has 3 heteroatoms. The van der Waals surface area contributed by atoms with Gasteiger partial charge in [-0.05, 0) is 47.7 Å². The number of benzene rings is 1. The lowest BCUT2D eigenvalue weighted by Crippen LogP contribution is -2.02. The average Bonchev–Trinajstić information content (AvgIpc) is 2.47. The molecule has 1 aromatic heterocycles. The zero-order chi connectivity index (χ0) is 12.7. The van der Waals surface area contributed by atoms with Crippen LogP contribution in [0.25, 0.3) is 0 Å². The Kier molecular flexibility index (Phi) is 3.04. The number of pyridine rings is 1. The van der Waals surface area contributed by atoms with Crippen LogP contribution in [0.1, 0.15) is 35.2 Å². The molecule has 0 aliphatic heterocycles. The Balaban J connectivity index is 2.15. The number of rotatable bonds is 0. The van der Waals surface area contributed by atoms with Gasteiger partial charge in [0.05, 0.1) is 10.7 Å². The van der Waals surface area contributed by atoms with Crippen molar-refractivity contribution in [3.05, 3.63) is 62.9 Å². The van der Waals surface area contributed by atoms with Gasteiger partial charge in [0.2, 0.25) is 0 Å². The van der Waals surface area contributed by atoms with Crippen molar-refractivity contribution in [2.24, 2.45) is 0 Å². The zero-order valence-electron chi connectivity index (χ0n) is 10.1. The molecule has 0 radical (unpaired) electrons. The largest absolute Gasteiger partial charge is 0.259 e. The van der Waals surface area contributed by atoms with Crippen molar-refractivity contribution < 1.29 is 0 Å². The van der Waals surface area contributed by atoms with Gasteiger partial charge >= 0.3 is 0 Å². The lowest BCUT2D eigenvalue weighted by atomic mass is 9.93. The molecule has 0 fully saturated rings. The zero-order valence-corrected chi connectivity index (χ0v) is 11.6. The van der Waals surface area contributed by atoms with Gasteiger partial charge in [-0.3, -0.25) is 4.98 Å². The standard InChI is InChI=1S/C15H13Cl2N/c1-9-14-5-4-12(16)6-10(14)2-3-11-7-13(17)8-18-15(9)11/h4-9H,2-3H2,1H3. The van der Waals surface area contributed by atoms with E-state index in [1.54, 1.807) is 6.20 Å². The average molecular weight is 278 g/mol. The predicted molar refractivity (Wildman–Crippen MR) is 75.6 cm³/mol. The van der Waals surface area contributed by atoms with Crippen molar-refractivity contribution in [3.63, 3.8) is 0 Å². The number of hydrogen-bond donors (Lipinski definition) is 0. The molecule has 1 atom stereocenters. The minimum absolute atomic E-state index is 0.298. The minimum Gasteiger partial charge on any atom is -0.259 e. The van der Waals surface area contributed by atoms with Gasteiger partial charge in [0.25, 0.3) is 0 Å². The molecule has 0 saturated heterocycles. The van der Waals surface area contributed by atoms with Crippen LogP contribution < -0.4 is 0 Å². The van der Waals surface area contributed by atoms with Crippen molar-refractivity contribution >= 4 is 23.2 Å². The highest BCUT2D eigenvalue weighted by Crippen LogP contribution is 2.34. The molecule has 0 amide bonds. The Hall–Kier alpha value is -1.05. The van der Waals surface area contributed by atoms with Gasteiger partial charge in [-0.25, -0.2) is 0 Å². The molecule has 3 rings (SSSR count). The van der Waals surface area contributed by atoms with Crippen LogP contribution in [-0.2, 0) is 12.8 Å². The molecule has 1 aliphatic carbocycles. The molecule has 1 aromatic carbocycles. The Morgan fingerprint density at radius 2 is 1.78 bits per heavy atom. The van der Waals surface area contributed by atoms with Crippen molar-refractivity contribution in [3.8, 4) is 0 Å². The molecule has 1 heterocycles. The molecule has 18 heavy (non-hydrogen) atoms. The Morgan fingerprint density at radius 3 is 2.61 bits per heavy atom. The van der Waals surface area contributed by atoms with Crippen LogP contribution in [0.15, 0.2) is 30.5 Å². The van der Waals surface area contributed by atoms with Crippen LogP contribution in [0.2, 0.25) is 10.0 Å². The Bertz CT molecular complexity index is 554. The Labute approximate surface area is 117 Å². The fourth-order valence-electron chi connectivity index (χ4n) is 2.71. The second-order valence-corrected chi connectivity index (χ2v) is 5.64. The van der Waals surface area contributed by atoms with E-state index in [1.165, 1.54) is 16.7 Å². The van der Waals surface area contributed by atoms with Gasteiger partial charge in [0, 0.05) is 17.1 Å². The normalized spacial score (nSPS) is 17.8. The monoisotopic (exact) mass is 277 g/mol. The van der Waals surface area contributed by atoms with Crippen molar-refractivity contribution in [2.45, 2.75) is 25.7 Å². The van der Waals surface area contributed by atoms with Gasteiger partial charge in [0.1, 0.15) is 0 Å². The first-order chi connectivity index (χ1) is 8.65. The summed E-state index contributed by atoms with van der Waals surface area (Å²) >= 11 is 12.1. The molecule has 92 valence electrons. The smallest absolute Gasteiger partial charge is 0.0592 e. The van der Waals surface area contributed by atoms with E-state index in [4.69, 9.17) is 23.2 Å². The van der Waals surface area contributed by atoms with Crippen molar-refractivity contribution in [1.82, 2.24) is 4.98 Å². The van der Waals surface area contributed by atoms with E-state index in [-0.39, 0.29) is 0 Å². The summed E-state index contributed by atoms with van der Waals surface area (Å²) in [7, 11) is 0. The number of aromatic nitrogens is 1. The molecule has 1 aliphatic rings. The first-order valence-corrected chi connectivity index (χ1v) is 6.83. The molecule has 0 spiro atoms. The molecule has 1 nitrogen and oxygen atoms in total. The van der Waals surface area contributed by atoms with E-state index in [9.17, 15) is 0 Å². The third-order valence-electron chi connectivity index (χ3n) is 3.61. The predicted octanol–water partition coefficient (Wildman–Crippen LogP) is 4.64. The summed E-state index contributed by atoms with van der Waals surface area (Å²) in [5.41, 5.74) is 5.04. The quantitative estimate of drug-likeness (QED) is 0.684. The fourth-order valence-corrected chi connectivity index (χ4v) is 3.09. The van der Waals surface area contributed by atoms with E-state index < -0.39 is 0 Å². The molecular formula is C15H13Cl2N. The van der Waals surface area contributed by atoms with Crippen LogP contribution in [0, 0.1) is 0 Å². The van der Waals surface area contributed by atoms with E-state index in [1.807, 2.05) is 12.1 Å². The van der Waals surface area contributed by atoms with Crippen LogP contribution in [0.4, 0.5) is 0 Å². The maximum atomic E-state index is 6.08. The Morgan fingerprint density at radius 1 is 1.06 bits per heavy atom. The number of fused-ring (bicyclic) bond motifs is 2. The maximum Gasteiger partial charge on any atom is 0.0592 e. The first kappa shape index (κ1) is 12.0. The summed E-state index contributed by atoms with van der Waals surface area (Å²) < 4.78 is 0. The van der Waals surface area contributed by atoms with Crippen molar-refractivity contribution in [1.29, 1.82) is 0 Å².